The van der Waals surface area contributed by atoms with Crippen molar-refractivity contribution in [1.82, 2.24) is 20.3 Å². The highest BCUT2D eigenvalue weighted by atomic mass is 19.3. The van der Waals surface area contributed by atoms with Crippen LogP contribution < -0.4 is 10.6 Å². The average molecular weight is 516 g/mol. The number of carbonyl (C=O) groups excluding carboxylic acids is 2. The van der Waals surface area contributed by atoms with Gasteiger partial charge in [-0.2, -0.15) is 0 Å². The summed E-state index contributed by atoms with van der Waals surface area (Å²) in [6, 6.07) is 4.23. The molecule has 1 aromatic carbocycles. The number of hydrogen-bond donors (Lipinski definition) is 2. The molecule has 1 aliphatic carbocycles. The third-order valence-electron chi connectivity index (χ3n) is 6.27. The number of nitrogens with one attached hydrogen (secondary N) is 2. The van der Waals surface area contributed by atoms with E-state index in [1.165, 1.54) is 12.4 Å². The lowest BCUT2D eigenvalue weighted by atomic mass is 9.95. The van der Waals surface area contributed by atoms with Gasteiger partial charge < -0.3 is 10.6 Å². The normalized spacial score (nSPS) is 14.2. The maximum absolute atomic E-state index is 14.7. The second-order valence-electron chi connectivity index (χ2n) is 9.13. The fraction of sp³-hybridized carbons (Fsp3) is 0.346. The number of rotatable bonds is 10. The van der Waals surface area contributed by atoms with Gasteiger partial charge in [-0.25, -0.2) is 27.5 Å². The molecule has 194 valence electrons. The van der Waals surface area contributed by atoms with Crippen LogP contribution >= 0.6 is 0 Å². The topological polar surface area (TPSA) is 96.9 Å². The molecule has 0 bridgehead atoms. The highest BCUT2D eigenvalue weighted by molar-refractivity contribution is 6.00. The van der Waals surface area contributed by atoms with E-state index < -0.39 is 40.1 Å². The number of hydrogen-bond acceptors (Lipinski definition) is 6. The van der Waals surface area contributed by atoms with Gasteiger partial charge in [-0.05, 0) is 18.9 Å². The molecular weight excluding hydrogens is 490 g/mol. The molecule has 1 fully saturated rings. The number of pyridine rings is 1. The lowest BCUT2D eigenvalue weighted by Gasteiger charge is -2.18. The van der Waals surface area contributed by atoms with Crippen LogP contribution in [0.25, 0.3) is 0 Å². The molecule has 4 rings (SSSR count). The Morgan fingerprint density at radius 2 is 1.76 bits per heavy atom. The summed E-state index contributed by atoms with van der Waals surface area (Å²) in [4.78, 5) is 37.6. The molecule has 2 aromatic heterocycles. The zero-order chi connectivity index (χ0) is 26.8. The van der Waals surface area contributed by atoms with Crippen molar-refractivity contribution in [3.05, 3.63) is 77.1 Å². The van der Waals surface area contributed by atoms with Crippen molar-refractivity contribution in [3.63, 3.8) is 0 Å². The first-order chi connectivity index (χ1) is 17.5. The Morgan fingerprint density at radius 1 is 1.05 bits per heavy atom. The van der Waals surface area contributed by atoms with Crippen LogP contribution in [0.1, 0.15) is 60.5 Å². The van der Waals surface area contributed by atoms with Crippen molar-refractivity contribution in [3.8, 4) is 0 Å². The summed E-state index contributed by atoms with van der Waals surface area (Å²) in [7, 11) is 0. The van der Waals surface area contributed by atoms with Crippen molar-refractivity contribution in [2.75, 3.05) is 5.32 Å². The second kappa shape index (κ2) is 10.2. The number of nitrogens with zero attached hydrogens (tertiary/aromatic N) is 3. The smallest absolute Gasteiger partial charge is 0.272 e. The fourth-order valence-electron chi connectivity index (χ4n) is 3.90. The first-order valence-corrected chi connectivity index (χ1v) is 11.7. The van der Waals surface area contributed by atoms with E-state index in [1.54, 1.807) is 0 Å². The molecule has 0 spiro atoms. The van der Waals surface area contributed by atoms with Crippen molar-refractivity contribution >= 4 is 23.1 Å². The number of amides is 1. The van der Waals surface area contributed by atoms with Gasteiger partial charge in [-0.15, -0.1) is 0 Å². The summed E-state index contributed by atoms with van der Waals surface area (Å²) in [5.74, 6) is -5.10. The van der Waals surface area contributed by atoms with E-state index in [0.717, 1.165) is 30.5 Å². The first kappa shape index (κ1) is 26.2. The number of aryl methyl sites for hydroxylation is 1. The largest absolute Gasteiger partial charge is 0.351 e. The van der Waals surface area contributed by atoms with Crippen molar-refractivity contribution in [2.45, 2.75) is 52.0 Å². The molecule has 3 aromatic rings. The van der Waals surface area contributed by atoms with Gasteiger partial charge in [0.25, 0.3) is 5.92 Å². The lowest BCUT2D eigenvalue weighted by Crippen LogP contribution is -2.33. The van der Waals surface area contributed by atoms with Crippen LogP contribution in [0, 0.1) is 17.0 Å². The van der Waals surface area contributed by atoms with E-state index in [-0.39, 0.29) is 30.1 Å². The van der Waals surface area contributed by atoms with Gasteiger partial charge in [0.05, 0.1) is 40.8 Å². The van der Waals surface area contributed by atoms with Crippen LogP contribution in [-0.4, -0.2) is 26.6 Å². The molecule has 11 heteroatoms. The van der Waals surface area contributed by atoms with Gasteiger partial charge in [0.2, 0.25) is 5.91 Å². The van der Waals surface area contributed by atoms with Gasteiger partial charge in [0, 0.05) is 43.8 Å². The molecule has 0 unspecified atom stereocenters. The summed E-state index contributed by atoms with van der Waals surface area (Å²) >= 11 is 0. The zero-order valence-corrected chi connectivity index (χ0v) is 20.2. The van der Waals surface area contributed by atoms with E-state index in [9.17, 15) is 27.2 Å². The minimum atomic E-state index is -3.33. The predicted molar refractivity (Wildman–Crippen MR) is 127 cm³/mol. The number of halogens is 4. The van der Waals surface area contributed by atoms with Crippen LogP contribution in [0.15, 0.2) is 42.9 Å². The number of carbonyl (C=O) groups is 2. The fourth-order valence-corrected chi connectivity index (χ4v) is 3.90. The molecule has 1 amide bonds. The summed E-state index contributed by atoms with van der Waals surface area (Å²) < 4.78 is 56.6. The average Bonchev–Trinajstić information content (AvgIpc) is 3.64. The van der Waals surface area contributed by atoms with Gasteiger partial charge in [-0.3, -0.25) is 14.6 Å². The number of anilines is 2. The predicted octanol–water partition coefficient (Wildman–Crippen LogP) is 5.24. The van der Waals surface area contributed by atoms with Crippen molar-refractivity contribution < 1.29 is 27.2 Å². The van der Waals surface area contributed by atoms with Gasteiger partial charge in [0.1, 0.15) is 17.5 Å². The Balaban J connectivity index is 1.39. The third kappa shape index (κ3) is 5.92. The second-order valence-corrected chi connectivity index (χ2v) is 9.13. The lowest BCUT2D eigenvalue weighted by molar-refractivity contribution is -0.126. The standard InChI is InChI=1S/C26H25F4N5O2/c1-3-22-32-11-15(12-33-22)21(36)10-26(7-8-26)24(37)34-14-20-19(28)9-16(13-31-20)35-23-17(25(2,29)30)5-4-6-18(23)27/h4-6,9,11-13,35H,3,7-8,10,14H2,1-2H3,(H,34,37). The monoisotopic (exact) mass is 515 g/mol. The van der Waals surface area contributed by atoms with Gasteiger partial charge in [0.15, 0.2) is 5.78 Å². The van der Waals surface area contributed by atoms with Crippen LogP contribution in [0.4, 0.5) is 28.9 Å². The van der Waals surface area contributed by atoms with Crippen molar-refractivity contribution in [1.29, 1.82) is 0 Å². The molecule has 0 aliphatic heterocycles. The Morgan fingerprint density at radius 3 is 2.35 bits per heavy atom. The number of para-hydroxylation sites is 1. The highest BCUT2D eigenvalue weighted by Gasteiger charge is 2.51. The van der Waals surface area contributed by atoms with Crippen LogP contribution in [-0.2, 0) is 23.7 Å². The van der Waals surface area contributed by atoms with E-state index in [1.807, 2.05) is 6.92 Å². The highest BCUT2D eigenvalue weighted by Crippen LogP contribution is 2.49. The van der Waals surface area contributed by atoms with Crippen LogP contribution in [0.3, 0.4) is 0 Å². The molecule has 1 saturated carbocycles. The number of ketones is 1. The van der Waals surface area contributed by atoms with Crippen molar-refractivity contribution in [2.24, 2.45) is 5.41 Å². The quantitative estimate of drug-likeness (QED) is 0.283. The molecule has 0 atom stereocenters. The Labute approximate surface area is 210 Å². The Hall–Kier alpha value is -3.89. The van der Waals surface area contributed by atoms with E-state index in [2.05, 4.69) is 25.6 Å². The summed E-state index contributed by atoms with van der Waals surface area (Å²) in [6.07, 6.45) is 5.71. The Bertz CT molecular complexity index is 1320. The van der Waals surface area contributed by atoms with Crippen LogP contribution in [0.5, 0.6) is 0 Å². The Kier molecular flexibility index (Phi) is 7.24. The van der Waals surface area contributed by atoms with Gasteiger partial charge in [-0.1, -0.05) is 19.1 Å². The molecule has 37 heavy (non-hydrogen) atoms. The molecule has 0 radical (unpaired) electrons. The molecule has 2 heterocycles. The van der Waals surface area contributed by atoms with Crippen LogP contribution in [0.2, 0.25) is 0 Å². The molecule has 0 saturated heterocycles. The summed E-state index contributed by atoms with van der Waals surface area (Å²) in [6.45, 7) is 2.29. The number of aromatic nitrogens is 3. The summed E-state index contributed by atoms with van der Waals surface area (Å²) in [5.41, 5.74) is -1.74. The van der Waals surface area contributed by atoms with Gasteiger partial charge >= 0.3 is 0 Å². The molecule has 2 N–H and O–H groups in total. The minimum absolute atomic E-state index is 0.0144. The molecule has 1 aliphatic rings. The maximum Gasteiger partial charge on any atom is 0.272 e. The number of alkyl halides is 2. The maximum atomic E-state index is 14.7. The third-order valence-corrected chi connectivity index (χ3v) is 6.27. The molecule has 7 nitrogen and oxygen atoms in total. The molecular formula is C26H25F4N5O2. The van der Waals surface area contributed by atoms with E-state index in [0.29, 0.717) is 37.6 Å². The van der Waals surface area contributed by atoms with E-state index >= 15 is 0 Å². The first-order valence-electron chi connectivity index (χ1n) is 11.7. The summed E-state index contributed by atoms with van der Waals surface area (Å²) in [5, 5.41) is 5.09. The number of benzene rings is 1. The minimum Gasteiger partial charge on any atom is -0.351 e. The zero-order valence-electron chi connectivity index (χ0n) is 20.2. The number of Topliss-reactive ketones (excluding diaryl/α,β-unsaturated/α-hetero) is 1. The SMILES string of the molecule is CCc1ncc(C(=O)CC2(C(=O)NCc3ncc(Nc4c(F)cccc4C(C)(F)F)cc3F)CC2)cn1. The van der Waals surface area contributed by atoms with E-state index in [4.69, 9.17) is 0 Å².